The van der Waals surface area contributed by atoms with E-state index in [4.69, 9.17) is 9.47 Å². The van der Waals surface area contributed by atoms with Crippen molar-refractivity contribution in [1.82, 2.24) is 0 Å². The summed E-state index contributed by atoms with van der Waals surface area (Å²) >= 11 is 0. The number of methoxy groups -OCH3 is 1. The lowest BCUT2D eigenvalue weighted by molar-refractivity contribution is -0.276. The van der Waals surface area contributed by atoms with Gasteiger partial charge in [-0.1, -0.05) is 81.4 Å². The summed E-state index contributed by atoms with van der Waals surface area (Å²) in [6.07, 6.45) is -4.98. The quantitative estimate of drug-likeness (QED) is 0.610. The van der Waals surface area contributed by atoms with Gasteiger partial charge in [0.05, 0.1) is 6.61 Å². The van der Waals surface area contributed by atoms with Crippen molar-refractivity contribution in [1.29, 1.82) is 0 Å². The zero-order chi connectivity index (χ0) is 21.0. The van der Waals surface area contributed by atoms with Crippen LogP contribution < -0.4 is 0 Å². The van der Waals surface area contributed by atoms with E-state index in [0.29, 0.717) is 0 Å². The molecule has 0 N–H and O–H groups in total. The Kier molecular flexibility index (Phi) is 6.55. The monoisotopic (exact) mass is 394 g/mol. The Balaban J connectivity index is 2.36. The van der Waals surface area contributed by atoms with Crippen LogP contribution in [0.1, 0.15) is 37.8 Å². The minimum absolute atomic E-state index is 0.194. The molecule has 2 aromatic carbocycles. The lowest BCUT2D eigenvalue weighted by Gasteiger charge is -2.35. The smallest absolute Gasteiger partial charge is 0.432 e. The van der Waals surface area contributed by atoms with Crippen LogP contribution in [0.5, 0.6) is 0 Å². The van der Waals surface area contributed by atoms with Crippen molar-refractivity contribution in [3.8, 4) is 0 Å². The first-order chi connectivity index (χ1) is 13.0. The topological polar surface area (TPSA) is 35.5 Å². The van der Waals surface area contributed by atoms with Gasteiger partial charge in [0, 0.05) is 18.6 Å². The van der Waals surface area contributed by atoms with E-state index in [1.165, 1.54) is 24.3 Å². The van der Waals surface area contributed by atoms with E-state index in [0.717, 1.165) is 12.7 Å². The number of rotatable bonds is 6. The normalized spacial score (nSPS) is 15.5. The van der Waals surface area contributed by atoms with Crippen molar-refractivity contribution < 1.29 is 27.4 Å². The lowest BCUT2D eigenvalue weighted by Crippen LogP contribution is -2.52. The molecule has 0 fully saturated rings. The highest BCUT2D eigenvalue weighted by molar-refractivity contribution is 5.82. The summed E-state index contributed by atoms with van der Waals surface area (Å²) in [5.74, 6) is -1.75. The van der Waals surface area contributed by atoms with Crippen LogP contribution in [0.2, 0.25) is 0 Å². The van der Waals surface area contributed by atoms with E-state index < -0.39 is 17.7 Å². The predicted molar refractivity (Wildman–Crippen MR) is 101 cm³/mol. The zero-order valence-electron chi connectivity index (χ0n) is 16.4. The molecule has 0 amide bonds. The van der Waals surface area contributed by atoms with E-state index in [9.17, 15) is 18.0 Å². The molecule has 2 aromatic rings. The summed E-state index contributed by atoms with van der Waals surface area (Å²) in [7, 11) is 0.861. The fourth-order valence-corrected chi connectivity index (χ4v) is 3.18. The highest BCUT2D eigenvalue weighted by Gasteiger charge is 2.64. The zero-order valence-corrected chi connectivity index (χ0v) is 16.4. The minimum Gasteiger partial charge on any atom is -0.462 e. The van der Waals surface area contributed by atoms with Crippen LogP contribution in [0, 0.1) is 5.41 Å². The Morgan fingerprint density at radius 2 is 1.43 bits per heavy atom. The number of carbonyl (C=O) groups is 1. The molecule has 152 valence electrons. The molecule has 3 nitrogen and oxygen atoms in total. The summed E-state index contributed by atoms with van der Waals surface area (Å²) in [6, 6.07) is 16.1. The second-order valence-electron chi connectivity index (χ2n) is 7.68. The van der Waals surface area contributed by atoms with Gasteiger partial charge in [-0.25, -0.2) is 4.79 Å². The van der Waals surface area contributed by atoms with Crippen molar-refractivity contribution >= 4 is 5.97 Å². The first-order valence-corrected chi connectivity index (χ1v) is 8.93. The molecule has 0 spiro atoms. The van der Waals surface area contributed by atoms with E-state index >= 15 is 0 Å². The first kappa shape index (κ1) is 22.0. The third kappa shape index (κ3) is 4.38. The van der Waals surface area contributed by atoms with Crippen LogP contribution in [0.15, 0.2) is 60.7 Å². The van der Waals surface area contributed by atoms with E-state index in [1.54, 1.807) is 6.07 Å². The van der Waals surface area contributed by atoms with Crippen LogP contribution in [0.25, 0.3) is 0 Å². The fourth-order valence-electron chi connectivity index (χ4n) is 3.18. The van der Waals surface area contributed by atoms with E-state index in [1.807, 2.05) is 51.1 Å². The van der Waals surface area contributed by atoms with Crippen LogP contribution in [0.3, 0.4) is 0 Å². The molecule has 0 bridgehead atoms. The molecule has 0 radical (unpaired) electrons. The number of ether oxygens (including phenoxy) is 2. The second kappa shape index (κ2) is 8.35. The van der Waals surface area contributed by atoms with Gasteiger partial charge in [0.15, 0.2) is 0 Å². The summed E-state index contributed by atoms with van der Waals surface area (Å²) in [4.78, 5) is 12.7. The molecule has 0 saturated heterocycles. The van der Waals surface area contributed by atoms with Crippen molar-refractivity contribution in [3.63, 3.8) is 0 Å². The molecular formula is C22H25F3O3. The average molecular weight is 394 g/mol. The maximum Gasteiger partial charge on any atom is 0.432 e. The standard InChI is InChI=1S/C22H25F3O3/c1-20(2,3)18(16-11-7-5-8-12-16)15-28-19(26)21(27-4,22(23,24)25)17-13-9-6-10-14-17/h5-14,18H,15H2,1-4H3/t18-,21-/m0/s1. The first-order valence-electron chi connectivity index (χ1n) is 8.93. The second-order valence-corrected chi connectivity index (χ2v) is 7.68. The van der Waals surface area contributed by atoms with Crippen LogP contribution in [-0.4, -0.2) is 25.9 Å². The van der Waals surface area contributed by atoms with Crippen molar-refractivity contribution in [2.75, 3.05) is 13.7 Å². The molecule has 0 heterocycles. The molecule has 0 saturated carbocycles. The van der Waals surface area contributed by atoms with Gasteiger partial charge in [-0.15, -0.1) is 0 Å². The van der Waals surface area contributed by atoms with Crippen molar-refractivity contribution in [2.24, 2.45) is 5.41 Å². The number of hydrogen-bond donors (Lipinski definition) is 0. The van der Waals surface area contributed by atoms with Crippen LogP contribution in [0.4, 0.5) is 13.2 Å². The van der Waals surface area contributed by atoms with Gasteiger partial charge in [-0.05, 0) is 11.0 Å². The Hall–Kier alpha value is -2.34. The molecule has 0 unspecified atom stereocenters. The van der Waals surface area contributed by atoms with E-state index in [-0.39, 0.29) is 23.5 Å². The van der Waals surface area contributed by atoms with E-state index in [2.05, 4.69) is 0 Å². The Bertz CT molecular complexity index is 767. The number of carbonyl (C=O) groups excluding carboxylic acids is 1. The molecule has 0 aliphatic carbocycles. The van der Waals surface area contributed by atoms with Gasteiger partial charge in [0.1, 0.15) is 0 Å². The average Bonchev–Trinajstić information content (AvgIpc) is 2.62. The molecular weight excluding hydrogens is 369 g/mol. The highest BCUT2D eigenvalue weighted by Crippen LogP contribution is 2.43. The SMILES string of the molecule is CO[C@](C(=O)OC[C@@H](c1ccccc1)C(C)(C)C)(c1ccccc1)C(F)(F)F. The number of hydrogen-bond acceptors (Lipinski definition) is 3. The summed E-state index contributed by atoms with van der Waals surface area (Å²) in [5, 5.41) is 0. The van der Waals surface area contributed by atoms with Crippen LogP contribution >= 0.6 is 0 Å². The fraction of sp³-hybridized carbons (Fsp3) is 0.409. The number of benzene rings is 2. The van der Waals surface area contributed by atoms with Crippen molar-refractivity contribution in [2.45, 2.75) is 38.5 Å². The third-order valence-corrected chi connectivity index (χ3v) is 4.80. The number of halogens is 3. The van der Waals surface area contributed by atoms with Gasteiger partial charge >= 0.3 is 12.1 Å². The minimum atomic E-state index is -4.98. The van der Waals surface area contributed by atoms with Gasteiger partial charge in [-0.2, -0.15) is 13.2 Å². The highest BCUT2D eigenvalue weighted by atomic mass is 19.4. The molecule has 0 aromatic heterocycles. The third-order valence-electron chi connectivity index (χ3n) is 4.80. The molecule has 0 aliphatic heterocycles. The molecule has 28 heavy (non-hydrogen) atoms. The number of esters is 1. The van der Waals surface area contributed by atoms with Crippen molar-refractivity contribution in [3.05, 3.63) is 71.8 Å². The summed E-state index contributed by atoms with van der Waals surface area (Å²) < 4.78 is 51.9. The molecule has 2 atom stereocenters. The van der Waals surface area contributed by atoms with Gasteiger partial charge in [0.2, 0.25) is 0 Å². The van der Waals surface area contributed by atoms with Crippen LogP contribution in [-0.2, 0) is 19.9 Å². The molecule has 2 rings (SSSR count). The predicted octanol–water partition coefficient (Wildman–Crippen LogP) is 5.46. The number of alkyl halides is 3. The molecule has 0 aliphatic rings. The Morgan fingerprint density at radius 3 is 1.86 bits per heavy atom. The largest absolute Gasteiger partial charge is 0.462 e. The summed E-state index contributed by atoms with van der Waals surface area (Å²) in [5.41, 5.74) is -2.94. The van der Waals surface area contributed by atoms with Gasteiger partial charge in [0.25, 0.3) is 5.60 Å². The van der Waals surface area contributed by atoms with Gasteiger partial charge < -0.3 is 9.47 Å². The Labute approximate surface area is 163 Å². The Morgan fingerprint density at radius 1 is 0.929 bits per heavy atom. The lowest BCUT2D eigenvalue weighted by atomic mass is 9.77. The summed E-state index contributed by atoms with van der Waals surface area (Å²) in [6.45, 7) is 5.65. The van der Waals surface area contributed by atoms with Gasteiger partial charge in [-0.3, -0.25) is 0 Å². The maximum atomic E-state index is 14.0. The molecule has 6 heteroatoms. The maximum absolute atomic E-state index is 14.0.